The lowest BCUT2D eigenvalue weighted by atomic mass is 10.1. The topological polar surface area (TPSA) is 70.0 Å². The molecule has 0 aliphatic carbocycles. The smallest absolute Gasteiger partial charge is 0.340 e. The number of benzene rings is 1. The summed E-state index contributed by atoms with van der Waals surface area (Å²) in [5.41, 5.74) is 0.394. The van der Waals surface area contributed by atoms with Crippen molar-refractivity contribution in [2.45, 2.75) is 13.3 Å². The van der Waals surface area contributed by atoms with Crippen molar-refractivity contribution in [3.8, 4) is 0 Å². The quantitative estimate of drug-likeness (QED) is 0.835. The molecule has 21 heavy (non-hydrogen) atoms. The Kier molecular flexibility index (Phi) is 4.55. The second-order valence-electron chi connectivity index (χ2n) is 4.69. The van der Waals surface area contributed by atoms with E-state index in [0.29, 0.717) is 18.5 Å². The normalized spacial score (nSPS) is 19.0. The van der Waals surface area contributed by atoms with Gasteiger partial charge in [0, 0.05) is 6.54 Å². The van der Waals surface area contributed by atoms with Gasteiger partial charge in [-0.15, -0.1) is 10.8 Å². The molecular formula is C14H18FNO4S. The third-order valence-corrected chi connectivity index (χ3v) is 5.16. The van der Waals surface area contributed by atoms with Gasteiger partial charge in [-0.2, -0.15) is 0 Å². The Morgan fingerprint density at radius 3 is 2.71 bits per heavy atom. The second-order valence-corrected chi connectivity index (χ2v) is 6.80. The lowest BCUT2D eigenvalue weighted by Gasteiger charge is -2.38. The van der Waals surface area contributed by atoms with E-state index >= 15 is 0 Å². The van der Waals surface area contributed by atoms with Crippen molar-refractivity contribution >= 4 is 28.5 Å². The molecular weight excluding hydrogens is 297 g/mol. The maximum atomic E-state index is 14.5. The van der Waals surface area contributed by atoms with E-state index in [1.165, 1.54) is 23.5 Å². The minimum absolute atomic E-state index is 0.0171. The largest absolute Gasteiger partial charge is 0.465 e. The van der Waals surface area contributed by atoms with Gasteiger partial charge in [-0.25, -0.2) is 9.18 Å². The van der Waals surface area contributed by atoms with Crippen molar-refractivity contribution in [2.24, 2.45) is 0 Å². The highest BCUT2D eigenvalue weighted by Gasteiger charge is 2.32. The van der Waals surface area contributed by atoms with Crippen molar-refractivity contribution in [1.82, 2.24) is 0 Å². The Labute approximate surface area is 124 Å². The lowest BCUT2D eigenvalue weighted by molar-refractivity contribution is 0.0595. The zero-order chi connectivity index (χ0) is 15.6. The summed E-state index contributed by atoms with van der Waals surface area (Å²) in [6.45, 7) is 2.13. The lowest BCUT2D eigenvalue weighted by Crippen LogP contribution is -2.24. The van der Waals surface area contributed by atoms with E-state index in [1.54, 1.807) is 19.1 Å². The first-order chi connectivity index (χ1) is 9.90. The molecule has 1 aromatic rings. The first kappa shape index (κ1) is 15.8. The van der Waals surface area contributed by atoms with Gasteiger partial charge in [0.15, 0.2) is 5.82 Å². The third kappa shape index (κ3) is 3.04. The molecule has 2 N–H and O–H groups in total. The van der Waals surface area contributed by atoms with Crippen LogP contribution in [0.1, 0.15) is 29.3 Å². The summed E-state index contributed by atoms with van der Waals surface area (Å²) in [6, 6.07) is 2.88. The molecule has 2 rings (SSSR count). The first-order valence-electron chi connectivity index (χ1n) is 6.49. The molecule has 0 spiro atoms. The molecule has 1 fully saturated rings. The number of anilines is 1. The Bertz CT molecular complexity index is 589. The number of nitrogens with zero attached hydrogens (tertiary/aromatic N) is 1. The molecule has 0 unspecified atom stereocenters. The zero-order valence-electron chi connectivity index (χ0n) is 11.9. The highest BCUT2D eigenvalue weighted by Crippen LogP contribution is 2.52. The van der Waals surface area contributed by atoms with Crippen molar-refractivity contribution < 1.29 is 23.0 Å². The number of allylic oxidation sites excluding steroid dienone is 1. The molecule has 1 heterocycles. The predicted octanol–water partition coefficient (Wildman–Crippen LogP) is 3.52. The van der Waals surface area contributed by atoms with Crippen LogP contribution < -0.4 is 4.31 Å². The molecule has 0 saturated carbocycles. The van der Waals surface area contributed by atoms with Crippen LogP contribution in [0.15, 0.2) is 18.2 Å². The summed E-state index contributed by atoms with van der Waals surface area (Å²) < 4.78 is 40.4. The Morgan fingerprint density at radius 2 is 2.19 bits per heavy atom. The van der Waals surface area contributed by atoms with Crippen LogP contribution >= 0.6 is 10.8 Å². The van der Waals surface area contributed by atoms with Gasteiger partial charge in [0.1, 0.15) is 0 Å². The van der Waals surface area contributed by atoms with Gasteiger partial charge < -0.3 is 4.74 Å². The fourth-order valence-electron chi connectivity index (χ4n) is 2.30. The molecule has 1 aliphatic rings. The average Bonchev–Trinajstić information content (AvgIpc) is 2.79. The summed E-state index contributed by atoms with van der Waals surface area (Å²) in [5, 5.41) is 0. The van der Waals surface area contributed by atoms with E-state index in [4.69, 9.17) is 0 Å². The highest BCUT2D eigenvalue weighted by molar-refractivity contribution is 8.25. The first-order valence-corrected chi connectivity index (χ1v) is 8.16. The number of carbonyl (C=O) groups is 1. The van der Waals surface area contributed by atoms with E-state index in [1.807, 2.05) is 0 Å². The Hall–Kier alpha value is -1.57. The van der Waals surface area contributed by atoms with Crippen LogP contribution in [-0.4, -0.2) is 34.5 Å². The molecule has 1 aliphatic heterocycles. The molecule has 116 valence electrons. The predicted molar refractivity (Wildman–Crippen MR) is 82.1 cm³/mol. The number of halogens is 1. The Morgan fingerprint density at radius 1 is 1.48 bits per heavy atom. The molecule has 7 heteroatoms. The zero-order valence-corrected chi connectivity index (χ0v) is 12.7. The van der Waals surface area contributed by atoms with Crippen LogP contribution in [0.5, 0.6) is 0 Å². The number of esters is 1. The minimum atomic E-state index is -3.03. The Balaban J connectivity index is 2.59. The number of rotatable bonds is 3. The SMILES string of the molecule is CC=Cc1cc(C(=O)OC)c(F)c(N2CCCS2(O)O)c1. The molecule has 5 nitrogen and oxygen atoms in total. The summed E-state index contributed by atoms with van der Waals surface area (Å²) in [4.78, 5) is 11.7. The highest BCUT2D eigenvalue weighted by atomic mass is 32.3. The minimum Gasteiger partial charge on any atom is -0.465 e. The van der Waals surface area contributed by atoms with Crippen molar-refractivity contribution in [1.29, 1.82) is 0 Å². The molecule has 0 amide bonds. The van der Waals surface area contributed by atoms with Crippen LogP contribution in [0.25, 0.3) is 6.08 Å². The van der Waals surface area contributed by atoms with Crippen molar-refractivity contribution in [2.75, 3.05) is 23.7 Å². The summed E-state index contributed by atoms with van der Waals surface area (Å²) in [7, 11) is -1.85. The van der Waals surface area contributed by atoms with Crippen LogP contribution in [-0.2, 0) is 4.74 Å². The fourth-order valence-corrected chi connectivity index (χ4v) is 3.90. The number of hydrogen-bond donors (Lipinski definition) is 2. The average molecular weight is 315 g/mol. The standard InChI is InChI=1S/C14H18FNO4S/c1-3-5-10-8-11(14(17)20-2)13(15)12(9-10)16-6-4-7-21(16,18)19/h3,5,8-9,18-19H,4,6-7H2,1-2H3. The van der Waals surface area contributed by atoms with Gasteiger partial charge in [0.05, 0.1) is 24.1 Å². The maximum absolute atomic E-state index is 14.5. The molecule has 0 aromatic heterocycles. The van der Waals surface area contributed by atoms with Crippen LogP contribution in [0.3, 0.4) is 0 Å². The maximum Gasteiger partial charge on any atom is 0.340 e. The van der Waals surface area contributed by atoms with E-state index in [-0.39, 0.29) is 17.0 Å². The number of carbonyl (C=O) groups excluding carboxylic acids is 1. The molecule has 0 bridgehead atoms. The number of ether oxygens (including phenoxy) is 1. The summed E-state index contributed by atoms with van der Waals surface area (Å²) in [5.74, 6) is -1.39. The van der Waals surface area contributed by atoms with Gasteiger partial charge >= 0.3 is 5.97 Å². The van der Waals surface area contributed by atoms with Gasteiger partial charge in [-0.05, 0) is 31.0 Å². The van der Waals surface area contributed by atoms with Gasteiger partial charge in [0.25, 0.3) is 0 Å². The fraction of sp³-hybridized carbons (Fsp3) is 0.357. The van der Waals surface area contributed by atoms with E-state index in [0.717, 1.165) is 0 Å². The number of hydrogen-bond acceptors (Lipinski definition) is 5. The van der Waals surface area contributed by atoms with E-state index in [9.17, 15) is 18.3 Å². The molecule has 0 atom stereocenters. The molecule has 1 saturated heterocycles. The third-order valence-electron chi connectivity index (χ3n) is 3.24. The van der Waals surface area contributed by atoms with Gasteiger partial charge in [-0.3, -0.25) is 13.4 Å². The van der Waals surface area contributed by atoms with Crippen LogP contribution in [0.2, 0.25) is 0 Å². The van der Waals surface area contributed by atoms with Gasteiger partial charge in [-0.1, -0.05) is 12.2 Å². The molecule has 0 radical (unpaired) electrons. The van der Waals surface area contributed by atoms with Crippen LogP contribution in [0.4, 0.5) is 10.1 Å². The second kappa shape index (κ2) is 6.05. The van der Waals surface area contributed by atoms with Gasteiger partial charge in [0.2, 0.25) is 0 Å². The van der Waals surface area contributed by atoms with Crippen molar-refractivity contribution in [3.63, 3.8) is 0 Å². The van der Waals surface area contributed by atoms with E-state index in [2.05, 4.69) is 4.74 Å². The number of methoxy groups -OCH3 is 1. The summed E-state index contributed by atoms with van der Waals surface area (Å²) >= 11 is 0. The van der Waals surface area contributed by atoms with Crippen LogP contribution in [0, 0.1) is 5.82 Å². The summed E-state index contributed by atoms with van der Waals surface area (Å²) in [6.07, 6.45) is 4.01. The monoisotopic (exact) mass is 315 g/mol. The molecule has 1 aromatic carbocycles. The van der Waals surface area contributed by atoms with Crippen molar-refractivity contribution in [3.05, 3.63) is 35.2 Å². The van der Waals surface area contributed by atoms with E-state index < -0.39 is 22.6 Å².